The van der Waals surface area contributed by atoms with Crippen molar-refractivity contribution >= 4 is 12.0 Å². The molecule has 0 spiro atoms. The van der Waals surface area contributed by atoms with Gasteiger partial charge in [0.2, 0.25) is 0 Å². The van der Waals surface area contributed by atoms with Gasteiger partial charge in [-0.05, 0) is 18.9 Å². The van der Waals surface area contributed by atoms with Gasteiger partial charge in [0.05, 0.1) is 12.6 Å². The molecule has 2 atom stereocenters. The summed E-state index contributed by atoms with van der Waals surface area (Å²) in [7, 11) is 1.61. The Morgan fingerprint density at radius 3 is 2.65 bits per heavy atom. The van der Waals surface area contributed by atoms with E-state index in [2.05, 4.69) is 5.32 Å². The number of carbonyl (C=O) groups is 2. The molecule has 2 rings (SSSR count). The molecule has 1 unspecified atom stereocenters. The van der Waals surface area contributed by atoms with Gasteiger partial charge in [0.1, 0.15) is 12.6 Å². The van der Waals surface area contributed by atoms with Gasteiger partial charge in [-0.1, -0.05) is 30.3 Å². The molecular weight excluding hydrogens is 300 g/mol. The Morgan fingerprint density at radius 1 is 1.26 bits per heavy atom. The standard InChI is InChI=1S/C16H22N2O5/c1-12-14(15(19)18(12)23-10-6-9-21-2)17-16(20)22-11-13-7-4-3-5-8-13/h3-5,7-8,12,14H,6,9-11H2,1-2H3,(H,17,20)/t12?,14-/m0/s1. The quantitative estimate of drug-likeness (QED) is 0.579. The topological polar surface area (TPSA) is 77.1 Å². The summed E-state index contributed by atoms with van der Waals surface area (Å²) in [5.74, 6) is -0.272. The zero-order valence-electron chi connectivity index (χ0n) is 13.4. The summed E-state index contributed by atoms with van der Waals surface area (Å²) in [6.45, 7) is 2.94. The number of nitrogens with zero attached hydrogens (tertiary/aromatic N) is 1. The van der Waals surface area contributed by atoms with Crippen LogP contribution in [0, 0.1) is 0 Å². The van der Waals surface area contributed by atoms with Crippen LogP contribution in [0.1, 0.15) is 18.9 Å². The minimum atomic E-state index is -0.613. The first-order chi connectivity index (χ1) is 11.1. The molecule has 1 heterocycles. The molecule has 7 nitrogen and oxygen atoms in total. The van der Waals surface area contributed by atoms with Crippen LogP contribution in [0.3, 0.4) is 0 Å². The molecule has 1 N–H and O–H groups in total. The molecule has 0 aliphatic carbocycles. The zero-order chi connectivity index (χ0) is 16.7. The smallest absolute Gasteiger partial charge is 0.408 e. The lowest BCUT2D eigenvalue weighted by Gasteiger charge is -2.43. The molecule has 1 aliphatic rings. The van der Waals surface area contributed by atoms with E-state index in [1.165, 1.54) is 5.06 Å². The van der Waals surface area contributed by atoms with Crippen LogP contribution in [0.5, 0.6) is 0 Å². The van der Waals surface area contributed by atoms with Crippen LogP contribution in [-0.2, 0) is 25.7 Å². The number of alkyl carbamates (subject to hydrolysis) is 1. The maximum absolute atomic E-state index is 11.9. The molecule has 0 saturated carbocycles. The summed E-state index contributed by atoms with van der Waals surface area (Å²) < 4.78 is 10.0. The Kier molecular flexibility index (Phi) is 6.37. The average molecular weight is 322 g/mol. The number of hydroxylamine groups is 2. The van der Waals surface area contributed by atoms with Crippen LogP contribution >= 0.6 is 0 Å². The SMILES string of the molecule is COCCCON1C(=O)[C@@H](NC(=O)OCc2ccccc2)C1C. The lowest BCUT2D eigenvalue weighted by atomic mass is 10.0. The molecule has 1 fully saturated rings. The number of nitrogens with one attached hydrogen (secondary N) is 1. The minimum absolute atomic E-state index is 0.166. The lowest BCUT2D eigenvalue weighted by Crippen LogP contribution is -2.69. The van der Waals surface area contributed by atoms with Crippen LogP contribution in [0.2, 0.25) is 0 Å². The lowest BCUT2D eigenvalue weighted by molar-refractivity contribution is -0.232. The fraction of sp³-hybridized carbons (Fsp3) is 0.500. The van der Waals surface area contributed by atoms with Gasteiger partial charge >= 0.3 is 6.09 Å². The molecule has 0 radical (unpaired) electrons. The molecule has 1 aliphatic heterocycles. The fourth-order valence-corrected chi connectivity index (χ4v) is 2.22. The van der Waals surface area contributed by atoms with E-state index in [9.17, 15) is 9.59 Å². The number of hydrogen-bond donors (Lipinski definition) is 1. The first-order valence-corrected chi connectivity index (χ1v) is 7.55. The first-order valence-electron chi connectivity index (χ1n) is 7.55. The van der Waals surface area contributed by atoms with Gasteiger partial charge in [0, 0.05) is 13.7 Å². The van der Waals surface area contributed by atoms with E-state index < -0.39 is 12.1 Å². The molecule has 1 aromatic carbocycles. The number of β-lactam (4-membered cyclic amide) rings is 1. The van der Waals surface area contributed by atoms with Crippen molar-refractivity contribution in [1.29, 1.82) is 0 Å². The number of methoxy groups -OCH3 is 1. The summed E-state index contributed by atoms with van der Waals surface area (Å²) in [6.07, 6.45) is 0.0857. The van der Waals surface area contributed by atoms with E-state index in [0.717, 1.165) is 5.56 Å². The maximum Gasteiger partial charge on any atom is 0.408 e. The molecule has 2 amide bonds. The van der Waals surface area contributed by atoms with Gasteiger partial charge in [-0.2, -0.15) is 0 Å². The molecule has 1 saturated heterocycles. The predicted octanol–water partition coefficient (Wildman–Crippen LogP) is 1.48. The van der Waals surface area contributed by atoms with Gasteiger partial charge in [-0.25, -0.2) is 9.86 Å². The van der Waals surface area contributed by atoms with E-state index in [1.807, 2.05) is 30.3 Å². The first kappa shape index (κ1) is 17.2. The number of benzene rings is 1. The molecule has 126 valence electrons. The van der Waals surface area contributed by atoms with E-state index in [0.29, 0.717) is 19.6 Å². The Balaban J connectivity index is 1.69. The summed E-state index contributed by atoms with van der Waals surface area (Å²) >= 11 is 0. The summed E-state index contributed by atoms with van der Waals surface area (Å²) in [5.41, 5.74) is 0.888. The number of amides is 2. The second-order valence-corrected chi connectivity index (χ2v) is 5.27. The fourth-order valence-electron chi connectivity index (χ4n) is 2.22. The van der Waals surface area contributed by atoms with Crippen molar-refractivity contribution in [2.24, 2.45) is 0 Å². The Morgan fingerprint density at radius 2 is 2.00 bits per heavy atom. The Bertz CT molecular complexity index is 522. The van der Waals surface area contributed by atoms with E-state index in [1.54, 1.807) is 14.0 Å². The van der Waals surface area contributed by atoms with Gasteiger partial charge in [0.15, 0.2) is 0 Å². The second-order valence-electron chi connectivity index (χ2n) is 5.27. The number of hydrogen-bond acceptors (Lipinski definition) is 5. The zero-order valence-corrected chi connectivity index (χ0v) is 13.4. The largest absolute Gasteiger partial charge is 0.445 e. The minimum Gasteiger partial charge on any atom is -0.445 e. The second kappa shape index (κ2) is 8.50. The monoisotopic (exact) mass is 322 g/mol. The highest BCUT2D eigenvalue weighted by Crippen LogP contribution is 2.20. The number of carbonyl (C=O) groups excluding carboxylic acids is 2. The summed E-state index contributed by atoms with van der Waals surface area (Å²) in [4.78, 5) is 29.1. The number of rotatable bonds is 8. The molecular formula is C16H22N2O5. The highest BCUT2D eigenvalue weighted by atomic mass is 16.7. The van der Waals surface area contributed by atoms with E-state index >= 15 is 0 Å². The van der Waals surface area contributed by atoms with Crippen molar-refractivity contribution in [3.05, 3.63) is 35.9 Å². The van der Waals surface area contributed by atoms with Gasteiger partial charge in [-0.15, -0.1) is 0 Å². The summed E-state index contributed by atoms with van der Waals surface area (Å²) in [5, 5.41) is 3.84. The van der Waals surface area contributed by atoms with Gasteiger partial charge < -0.3 is 14.8 Å². The highest BCUT2D eigenvalue weighted by molar-refractivity contribution is 5.91. The van der Waals surface area contributed by atoms with Crippen molar-refractivity contribution in [3.8, 4) is 0 Å². The molecule has 0 aromatic heterocycles. The van der Waals surface area contributed by atoms with Crippen molar-refractivity contribution < 1.29 is 23.9 Å². The van der Waals surface area contributed by atoms with Gasteiger partial charge in [-0.3, -0.25) is 9.63 Å². The third-order valence-corrected chi connectivity index (χ3v) is 3.54. The molecule has 7 heteroatoms. The van der Waals surface area contributed by atoms with Crippen molar-refractivity contribution in [2.45, 2.75) is 32.0 Å². The predicted molar refractivity (Wildman–Crippen MR) is 82.3 cm³/mol. The third kappa shape index (κ3) is 4.67. The molecule has 1 aromatic rings. The van der Waals surface area contributed by atoms with E-state index in [-0.39, 0.29) is 18.6 Å². The van der Waals surface area contributed by atoms with E-state index in [4.69, 9.17) is 14.3 Å². The van der Waals surface area contributed by atoms with Gasteiger partial charge in [0.25, 0.3) is 5.91 Å². The molecule has 0 bridgehead atoms. The van der Waals surface area contributed by atoms with Crippen molar-refractivity contribution in [3.63, 3.8) is 0 Å². The van der Waals surface area contributed by atoms with Crippen LogP contribution in [0.25, 0.3) is 0 Å². The Labute approximate surface area is 135 Å². The number of ether oxygens (including phenoxy) is 2. The van der Waals surface area contributed by atoms with Crippen LogP contribution < -0.4 is 5.32 Å². The van der Waals surface area contributed by atoms with Crippen LogP contribution in [0.4, 0.5) is 4.79 Å². The summed E-state index contributed by atoms with van der Waals surface area (Å²) in [6, 6.07) is 8.51. The van der Waals surface area contributed by atoms with Crippen molar-refractivity contribution in [2.75, 3.05) is 20.3 Å². The molecule has 23 heavy (non-hydrogen) atoms. The normalized spacial score (nSPS) is 20.1. The van der Waals surface area contributed by atoms with Crippen LogP contribution in [-0.4, -0.2) is 49.5 Å². The Hall–Kier alpha value is -2.12. The third-order valence-electron chi connectivity index (χ3n) is 3.54. The maximum atomic E-state index is 11.9. The highest BCUT2D eigenvalue weighted by Gasteiger charge is 2.47. The van der Waals surface area contributed by atoms with Crippen LogP contribution in [0.15, 0.2) is 30.3 Å². The average Bonchev–Trinajstić information content (AvgIpc) is 2.58. The van der Waals surface area contributed by atoms with Crippen molar-refractivity contribution in [1.82, 2.24) is 10.4 Å².